The van der Waals surface area contributed by atoms with Gasteiger partial charge in [0, 0.05) is 19.1 Å². The van der Waals surface area contributed by atoms with Crippen LogP contribution < -0.4 is 0 Å². The van der Waals surface area contributed by atoms with Crippen molar-refractivity contribution in [3.05, 3.63) is 52.6 Å². The quantitative estimate of drug-likeness (QED) is 0.441. The molecule has 0 spiro atoms. The van der Waals surface area contributed by atoms with Crippen LogP contribution >= 0.6 is 0 Å². The average molecular weight is 247 g/mol. The number of hydrogen-bond donors (Lipinski definition) is 0. The molecule has 18 heavy (non-hydrogen) atoms. The van der Waals surface area contributed by atoms with E-state index in [1.165, 1.54) is 20.1 Å². The van der Waals surface area contributed by atoms with E-state index in [0.717, 1.165) is 10.8 Å². The monoisotopic (exact) mass is 247 g/mol. The maximum Gasteiger partial charge on any atom is 0.302 e. The number of carbonyl (C=O) groups excluding carboxylic acids is 1. The largest absolute Gasteiger partial charge is 0.469 e. The van der Waals surface area contributed by atoms with Gasteiger partial charge in [-0.3, -0.25) is 14.9 Å². The van der Waals surface area contributed by atoms with Gasteiger partial charge in [0.1, 0.15) is 0 Å². The van der Waals surface area contributed by atoms with Gasteiger partial charge in [-0.15, -0.1) is 0 Å². The van der Waals surface area contributed by atoms with Gasteiger partial charge in [0.05, 0.1) is 12.0 Å². The normalized spacial score (nSPS) is 9.22. The molecule has 0 saturated heterocycles. The van der Waals surface area contributed by atoms with Crippen molar-refractivity contribution < 1.29 is 14.5 Å². The summed E-state index contributed by atoms with van der Waals surface area (Å²) < 4.78 is 4.11. The SMILES string of the molecule is COC(C)=O.O=[N+]([O-])c1ccc2ccccc2c1. The highest BCUT2D eigenvalue weighted by Crippen LogP contribution is 2.19. The second-order valence-electron chi connectivity index (χ2n) is 3.48. The van der Waals surface area contributed by atoms with E-state index in [2.05, 4.69) is 4.74 Å². The Morgan fingerprint density at radius 1 is 1.17 bits per heavy atom. The second-order valence-corrected chi connectivity index (χ2v) is 3.48. The molecule has 0 aromatic heterocycles. The lowest BCUT2D eigenvalue weighted by Gasteiger charge is -1.95. The van der Waals surface area contributed by atoms with Crippen molar-refractivity contribution in [1.29, 1.82) is 0 Å². The van der Waals surface area contributed by atoms with Gasteiger partial charge >= 0.3 is 5.97 Å². The predicted octanol–water partition coefficient (Wildman–Crippen LogP) is 2.93. The summed E-state index contributed by atoms with van der Waals surface area (Å²) in [5, 5.41) is 12.4. The Labute approximate surface area is 104 Å². The van der Waals surface area contributed by atoms with E-state index >= 15 is 0 Å². The van der Waals surface area contributed by atoms with Crippen LogP contribution in [0.5, 0.6) is 0 Å². The zero-order valence-corrected chi connectivity index (χ0v) is 10.1. The molecule has 2 rings (SSSR count). The fraction of sp³-hybridized carbons (Fsp3) is 0.154. The lowest BCUT2D eigenvalue weighted by molar-refractivity contribution is -0.384. The van der Waals surface area contributed by atoms with Crippen molar-refractivity contribution in [2.24, 2.45) is 0 Å². The molecular formula is C13H13NO4. The number of methoxy groups -OCH3 is 1. The first-order valence-corrected chi connectivity index (χ1v) is 5.22. The molecular weight excluding hydrogens is 234 g/mol. The number of ether oxygens (including phenoxy) is 1. The number of benzene rings is 2. The summed E-state index contributed by atoms with van der Waals surface area (Å²) in [6, 6.07) is 12.4. The third kappa shape index (κ3) is 3.86. The highest BCUT2D eigenvalue weighted by molar-refractivity contribution is 5.84. The second kappa shape index (κ2) is 6.34. The highest BCUT2D eigenvalue weighted by Gasteiger charge is 2.04. The van der Waals surface area contributed by atoms with Gasteiger partial charge in [-0.05, 0) is 16.8 Å². The Morgan fingerprint density at radius 3 is 2.22 bits per heavy atom. The first-order valence-electron chi connectivity index (χ1n) is 5.22. The number of nitrogens with zero attached hydrogens (tertiary/aromatic N) is 1. The zero-order valence-electron chi connectivity index (χ0n) is 10.1. The van der Waals surface area contributed by atoms with Crippen LogP contribution in [0.3, 0.4) is 0 Å². The molecule has 0 amide bonds. The van der Waals surface area contributed by atoms with E-state index in [1.807, 2.05) is 24.3 Å². The summed E-state index contributed by atoms with van der Waals surface area (Å²) >= 11 is 0. The zero-order chi connectivity index (χ0) is 13.5. The Morgan fingerprint density at radius 2 is 1.72 bits per heavy atom. The van der Waals surface area contributed by atoms with E-state index in [-0.39, 0.29) is 16.6 Å². The molecule has 0 heterocycles. The topological polar surface area (TPSA) is 69.4 Å². The summed E-state index contributed by atoms with van der Waals surface area (Å²) in [7, 11) is 1.35. The maximum atomic E-state index is 10.5. The van der Waals surface area contributed by atoms with Crippen LogP contribution in [-0.2, 0) is 9.53 Å². The van der Waals surface area contributed by atoms with E-state index in [4.69, 9.17) is 0 Å². The van der Waals surface area contributed by atoms with Crippen molar-refractivity contribution in [1.82, 2.24) is 0 Å². The van der Waals surface area contributed by atoms with Crippen LogP contribution in [0.4, 0.5) is 5.69 Å². The minimum absolute atomic E-state index is 0.138. The highest BCUT2D eigenvalue weighted by atomic mass is 16.6. The van der Waals surface area contributed by atoms with Gasteiger partial charge in [-0.25, -0.2) is 0 Å². The third-order valence-corrected chi connectivity index (χ3v) is 2.23. The van der Waals surface area contributed by atoms with Gasteiger partial charge in [-0.1, -0.05) is 24.3 Å². The smallest absolute Gasteiger partial charge is 0.302 e. The van der Waals surface area contributed by atoms with Crippen molar-refractivity contribution in [2.45, 2.75) is 6.92 Å². The third-order valence-electron chi connectivity index (χ3n) is 2.23. The Balaban J connectivity index is 0.000000280. The number of nitro benzene ring substituents is 1. The first-order chi connectivity index (χ1) is 8.54. The molecule has 0 radical (unpaired) electrons. The van der Waals surface area contributed by atoms with Crippen LogP contribution in [0, 0.1) is 10.1 Å². The number of esters is 1. The van der Waals surface area contributed by atoms with E-state index in [1.54, 1.807) is 12.1 Å². The Hall–Kier alpha value is -2.43. The summed E-state index contributed by atoms with van der Waals surface area (Å²) in [6.45, 7) is 1.36. The maximum absolute atomic E-state index is 10.5. The number of nitro groups is 1. The van der Waals surface area contributed by atoms with Crippen molar-refractivity contribution >= 4 is 22.4 Å². The number of carbonyl (C=O) groups is 1. The summed E-state index contributed by atoms with van der Waals surface area (Å²) in [5.41, 5.74) is 0.138. The molecule has 2 aromatic carbocycles. The summed E-state index contributed by atoms with van der Waals surface area (Å²) in [6.07, 6.45) is 0. The summed E-state index contributed by atoms with van der Waals surface area (Å²) in [5.74, 6) is -0.245. The van der Waals surface area contributed by atoms with E-state index < -0.39 is 0 Å². The van der Waals surface area contributed by atoms with Crippen LogP contribution in [0.25, 0.3) is 10.8 Å². The fourth-order valence-corrected chi connectivity index (χ4v) is 1.29. The average Bonchev–Trinajstić information content (AvgIpc) is 2.38. The molecule has 0 unspecified atom stereocenters. The number of rotatable bonds is 1. The van der Waals surface area contributed by atoms with Gasteiger partial charge in [0.15, 0.2) is 0 Å². The van der Waals surface area contributed by atoms with Crippen molar-refractivity contribution in [2.75, 3.05) is 7.11 Å². The van der Waals surface area contributed by atoms with Crippen LogP contribution in [0.1, 0.15) is 6.92 Å². The van der Waals surface area contributed by atoms with Crippen molar-refractivity contribution in [3.63, 3.8) is 0 Å². The van der Waals surface area contributed by atoms with Gasteiger partial charge in [0.25, 0.3) is 5.69 Å². The number of hydrogen-bond acceptors (Lipinski definition) is 4. The van der Waals surface area contributed by atoms with E-state index in [9.17, 15) is 14.9 Å². The van der Waals surface area contributed by atoms with Crippen LogP contribution in [0.15, 0.2) is 42.5 Å². The molecule has 5 heteroatoms. The lowest BCUT2D eigenvalue weighted by Crippen LogP contribution is -1.88. The molecule has 0 aliphatic rings. The molecule has 0 saturated carbocycles. The first kappa shape index (κ1) is 13.6. The number of fused-ring (bicyclic) bond motifs is 1. The molecule has 2 aromatic rings. The fourth-order valence-electron chi connectivity index (χ4n) is 1.29. The molecule has 0 fully saturated rings. The van der Waals surface area contributed by atoms with Crippen molar-refractivity contribution in [3.8, 4) is 0 Å². The number of non-ortho nitro benzene ring substituents is 1. The molecule has 0 aliphatic carbocycles. The molecule has 94 valence electrons. The molecule has 0 aliphatic heterocycles. The minimum Gasteiger partial charge on any atom is -0.469 e. The standard InChI is InChI=1S/C10H7NO2.C3H6O2/c12-11(13)10-6-5-8-3-1-2-4-9(8)7-10;1-3(4)5-2/h1-7H;1-2H3. The molecule has 0 bridgehead atoms. The lowest BCUT2D eigenvalue weighted by atomic mass is 10.1. The van der Waals surface area contributed by atoms with Gasteiger partial charge in [0.2, 0.25) is 0 Å². The summed E-state index contributed by atoms with van der Waals surface area (Å²) in [4.78, 5) is 19.7. The Kier molecular flexibility index (Phi) is 4.80. The van der Waals surface area contributed by atoms with E-state index in [0.29, 0.717) is 0 Å². The molecule has 0 atom stereocenters. The van der Waals surface area contributed by atoms with Gasteiger partial charge in [-0.2, -0.15) is 0 Å². The Bertz CT molecular complexity index is 566. The molecule has 0 N–H and O–H groups in total. The van der Waals surface area contributed by atoms with Gasteiger partial charge < -0.3 is 4.74 Å². The minimum atomic E-state index is -0.382. The van der Waals surface area contributed by atoms with Crippen LogP contribution in [-0.4, -0.2) is 18.0 Å². The van der Waals surface area contributed by atoms with Crippen LogP contribution in [0.2, 0.25) is 0 Å². The molecule has 5 nitrogen and oxygen atoms in total. The predicted molar refractivity (Wildman–Crippen MR) is 68.3 cm³/mol.